The molecule has 1 heterocycles. The lowest BCUT2D eigenvalue weighted by Gasteiger charge is -2.25. The van der Waals surface area contributed by atoms with Gasteiger partial charge in [0.2, 0.25) is 0 Å². The molecular formula is C14H24N4O2. The highest BCUT2D eigenvalue weighted by atomic mass is 16.3. The van der Waals surface area contributed by atoms with Gasteiger partial charge in [-0.2, -0.15) is 5.10 Å². The van der Waals surface area contributed by atoms with Gasteiger partial charge in [0.05, 0.1) is 12.3 Å². The van der Waals surface area contributed by atoms with Crippen molar-refractivity contribution < 1.29 is 9.90 Å². The highest BCUT2D eigenvalue weighted by Gasteiger charge is 2.18. The zero-order valence-corrected chi connectivity index (χ0v) is 12.8. The third kappa shape index (κ3) is 4.45. The number of urea groups is 1. The van der Waals surface area contributed by atoms with Crippen LogP contribution in [0.3, 0.4) is 0 Å². The Hall–Kier alpha value is -1.69. The maximum Gasteiger partial charge on any atom is 0.323 e. The topological polar surface area (TPSA) is 78.4 Å². The molecule has 6 heteroatoms. The van der Waals surface area contributed by atoms with Gasteiger partial charge < -0.3 is 10.0 Å². The second kappa shape index (κ2) is 6.65. The molecule has 0 atom stereocenters. The largest absolute Gasteiger partial charge is 0.395 e. The fourth-order valence-electron chi connectivity index (χ4n) is 1.68. The molecule has 1 rings (SSSR count). The average Bonchev–Trinajstić information content (AvgIpc) is 2.34. The summed E-state index contributed by atoms with van der Waals surface area (Å²) in [6.07, 6.45) is 0. The van der Waals surface area contributed by atoms with Crippen LogP contribution in [-0.4, -0.2) is 45.4 Å². The van der Waals surface area contributed by atoms with Crippen molar-refractivity contribution >= 4 is 11.8 Å². The SMILES string of the molecule is CC(C)N(CCO)C(=O)Nc1ccc(C(C)(C)C)nn1. The second-order valence-electron chi connectivity index (χ2n) is 5.99. The normalized spacial score (nSPS) is 11.6. The number of aliphatic hydroxyl groups excluding tert-OH is 1. The minimum atomic E-state index is -0.285. The smallest absolute Gasteiger partial charge is 0.323 e. The van der Waals surface area contributed by atoms with Crippen LogP contribution in [-0.2, 0) is 5.41 Å². The minimum Gasteiger partial charge on any atom is -0.395 e. The molecule has 2 amide bonds. The maximum absolute atomic E-state index is 12.1. The summed E-state index contributed by atoms with van der Waals surface area (Å²) in [6.45, 7) is 10.2. The number of aliphatic hydroxyl groups is 1. The molecule has 0 aliphatic rings. The Labute approximate surface area is 120 Å². The molecule has 0 aliphatic carbocycles. The van der Waals surface area contributed by atoms with Crippen molar-refractivity contribution in [3.63, 3.8) is 0 Å². The van der Waals surface area contributed by atoms with Crippen molar-refractivity contribution in [1.82, 2.24) is 15.1 Å². The molecule has 1 aromatic heterocycles. The summed E-state index contributed by atoms with van der Waals surface area (Å²) >= 11 is 0. The molecule has 20 heavy (non-hydrogen) atoms. The molecule has 0 saturated carbocycles. The first-order valence-electron chi connectivity index (χ1n) is 6.78. The van der Waals surface area contributed by atoms with E-state index >= 15 is 0 Å². The molecule has 0 aliphatic heterocycles. The third-order valence-corrected chi connectivity index (χ3v) is 2.89. The van der Waals surface area contributed by atoms with Crippen molar-refractivity contribution in [3.8, 4) is 0 Å². The molecule has 0 aromatic carbocycles. The first-order valence-corrected chi connectivity index (χ1v) is 6.78. The van der Waals surface area contributed by atoms with E-state index in [9.17, 15) is 4.79 Å². The summed E-state index contributed by atoms with van der Waals surface area (Å²) < 4.78 is 0. The Balaban J connectivity index is 2.75. The Bertz CT molecular complexity index is 437. The van der Waals surface area contributed by atoms with Crippen LogP contribution in [0.2, 0.25) is 0 Å². The quantitative estimate of drug-likeness (QED) is 0.884. The van der Waals surface area contributed by atoms with E-state index in [-0.39, 0.29) is 30.6 Å². The minimum absolute atomic E-state index is 0.00366. The fourth-order valence-corrected chi connectivity index (χ4v) is 1.68. The van der Waals surface area contributed by atoms with Gasteiger partial charge >= 0.3 is 6.03 Å². The highest BCUT2D eigenvalue weighted by Crippen LogP contribution is 2.19. The van der Waals surface area contributed by atoms with Gasteiger partial charge in [-0.05, 0) is 26.0 Å². The van der Waals surface area contributed by atoms with Crippen LogP contribution in [0, 0.1) is 0 Å². The van der Waals surface area contributed by atoms with Gasteiger partial charge in [0.15, 0.2) is 5.82 Å². The van der Waals surface area contributed by atoms with Crippen LogP contribution in [0.4, 0.5) is 10.6 Å². The summed E-state index contributed by atoms with van der Waals surface area (Å²) in [7, 11) is 0. The van der Waals surface area contributed by atoms with E-state index in [0.29, 0.717) is 5.82 Å². The van der Waals surface area contributed by atoms with Crippen molar-refractivity contribution in [1.29, 1.82) is 0 Å². The second-order valence-corrected chi connectivity index (χ2v) is 5.99. The van der Waals surface area contributed by atoms with Gasteiger partial charge in [-0.25, -0.2) is 4.79 Å². The number of rotatable bonds is 4. The Morgan fingerprint density at radius 1 is 1.35 bits per heavy atom. The third-order valence-electron chi connectivity index (χ3n) is 2.89. The number of aromatic nitrogens is 2. The maximum atomic E-state index is 12.1. The van der Waals surface area contributed by atoms with Crippen LogP contribution in [0.5, 0.6) is 0 Å². The summed E-state index contributed by atoms with van der Waals surface area (Å²) in [5, 5.41) is 19.8. The number of hydrogen-bond acceptors (Lipinski definition) is 4. The number of hydrogen-bond donors (Lipinski definition) is 2. The van der Waals surface area contributed by atoms with Crippen molar-refractivity contribution in [3.05, 3.63) is 17.8 Å². The van der Waals surface area contributed by atoms with Gasteiger partial charge in [-0.1, -0.05) is 20.8 Å². The van der Waals surface area contributed by atoms with Gasteiger partial charge in [0, 0.05) is 18.0 Å². The fraction of sp³-hybridized carbons (Fsp3) is 0.643. The van der Waals surface area contributed by atoms with E-state index in [1.165, 1.54) is 0 Å². The molecule has 0 fully saturated rings. The Morgan fingerprint density at radius 3 is 2.40 bits per heavy atom. The summed E-state index contributed by atoms with van der Waals surface area (Å²) in [5.41, 5.74) is 0.794. The van der Waals surface area contributed by atoms with E-state index < -0.39 is 0 Å². The Morgan fingerprint density at radius 2 is 2.00 bits per heavy atom. The van der Waals surface area contributed by atoms with Crippen molar-refractivity contribution in [2.24, 2.45) is 0 Å². The number of nitrogens with zero attached hydrogens (tertiary/aromatic N) is 3. The number of amides is 2. The van der Waals surface area contributed by atoms with Crippen LogP contribution in [0.25, 0.3) is 0 Å². The molecule has 6 nitrogen and oxygen atoms in total. The molecule has 112 valence electrons. The summed E-state index contributed by atoms with van der Waals surface area (Å²) in [6, 6.07) is 3.31. The van der Waals surface area contributed by atoms with Crippen molar-refractivity contribution in [2.45, 2.75) is 46.1 Å². The molecule has 0 saturated heterocycles. The molecule has 0 unspecified atom stereocenters. The lowest BCUT2D eigenvalue weighted by molar-refractivity contribution is 0.172. The van der Waals surface area contributed by atoms with E-state index in [0.717, 1.165) is 5.69 Å². The van der Waals surface area contributed by atoms with E-state index in [1.54, 1.807) is 11.0 Å². The number of carbonyl (C=O) groups is 1. The standard InChI is InChI=1S/C14H24N4O2/c1-10(2)18(8-9-19)13(20)15-12-7-6-11(16-17-12)14(3,4)5/h6-7,10,19H,8-9H2,1-5H3,(H,15,17,20). The van der Waals surface area contributed by atoms with Gasteiger partial charge in [-0.3, -0.25) is 5.32 Å². The van der Waals surface area contributed by atoms with Gasteiger partial charge in [0.25, 0.3) is 0 Å². The van der Waals surface area contributed by atoms with Crippen LogP contribution < -0.4 is 5.32 Å². The molecular weight excluding hydrogens is 256 g/mol. The lowest BCUT2D eigenvalue weighted by atomic mass is 9.92. The average molecular weight is 280 g/mol. The number of carbonyl (C=O) groups excluding carboxylic acids is 1. The van der Waals surface area contributed by atoms with E-state index in [2.05, 4.69) is 36.3 Å². The van der Waals surface area contributed by atoms with E-state index in [1.807, 2.05) is 19.9 Å². The predicted octanol–water partition coefficient (Wildman–Crippen LogP) is 2.01. The summed E-state index contributed by atoms with van der Waals surface area (Å²) in [4.78, 5) is 13.6. The van der Waals surface area contributed by atoms with Gasteiger partial charge in [-0.15, -0.1) is 5.10 Å². The van der Waals surface area contributed by atoms with Crippen LogP contribution >= 0.6 is 0 Å². The molecule has 0 spiro atoms. The van der Waals surface area contributed by atoms with Gasteiger partial charge in [0.1, 0.15) is 0 Å². The van der Waals surface area contributed by atoms with Crippen molar-refractivity contribution in [2.75, 3.05) is 18.5 Å². The molecule has 0 bridgehead atoms. The van der Waals surface area contributed by atoms with Crippen LogP contribution in [0.15, 0.2) is 12.1 Å². The first kappa shape index (κ1) is 16.4. The number of nitrogens with one attached hydrogen (secondary N) is 1. The molecule has 2 N–H and O–H groups in total. The molecule has 1 aromatic rings. The summed E-state index contributed by atoms with van der Waals surface area (Å²) in [5.74, 6) is 0.409. The predicted molar refractivity (Wildman–Crippen MR) is 78.7 cm³/mol. The zero-order valence-electron chi connectivity index (χ0n) is 12.8. The molecule has 0 radical (unpaired) electrons. The first-order chi connectivity index (χ1) is 9.25. The van der Waals surface area contributed by atoms with Crippen LogP contribution in [0.1, 0.15) is 40.3 Å². The van der Waals surface area contributed by atoms with E-state index in [4.69, 9.17) is 5.11 Å². The lowest BCUT2D eigenvalue weighted by Crippen LogP contribution is -2.42. The Kier molecular flexibility index (Phi) is 5.44. The highest BCUT2D eigenvalue weighted by molar-refractivity contribution is 5.88. The number of anilines is 1. The monoisotopic (exact) mass is 280 g/mol. The zero-order chi connectivity index (χ0) is 15.3.